The van der Waals surface area contributed by atoms with Gasteiger partial charge in [0.15, 0.2) is 0 Å². The van der Waals surface area contributed by atoms with Gasteiger partial charge in [-0.2, -0.15) is 5.26 Å². The summed E-state index contributed by atoms with van der Waals surface area (Å²) in [7, 11) is 0. The molecule has 2 aromatic carbocycles. The van der Waals surface area contributed by atoms with Crippen LogP contribution in [-0.4, -0.2) is 24.6 Å². The summed E-state index contributed by atoms with van der Waals surface area (Å²) in [5, 5.41) is 8.87. The van der Waals surface area contributed by atoms with Crippen molar-refractivity contribution < 1.29 is 4.74 Å². The zero-order valence-corrected chi connectivity index (χ0v) is 12.7. The fourth-order valence-corrected chi connectivity index (χ4v) is 2.88. The van der Waals surface area contributed by atoms with Crippen molar-refractivity contribution in [2.24, 2.45) is 0 Å². The van der Waals surface area contributed by atoms with Crippen molar-refractivity contribution in [3.63, 3.8) is 0 Å². The Morgan fingerprint density at radius 3 is 2.82 bits per heavy atom. The van der Waals surface area contributed by atoms with Crippen molar-refractivity contribution in [2.75, 3.05) is 19.7 Å². The summed E-state index contributed by atoms with van der Waals surface area (Å²) >= 11 is 0. The van der Waals surface area contributed by atoms with Crippen LogP contribution in [0.4, 0.5) is 0 Å². The first-order chi connectivity index (χ1) is 10.8. The fourth-order valence-electron chi connectivity index (χ4n) is 2.88. The summed E-state index contributed by atoms with van der Waals surface area (Å²) < 4.78 is 5.73. The quantitative estimate of drug-likeness (QED) is 0.793. The number of rotatable bonds is 5. The second-order valence-electron chi connectivity index (χ2n) is 5.64. The van der Waals surface area contributed by atoms with Crippen molar-refractivity contribution in [1.82, 2.24) is 4.90 Å². The van der Waals surface area contributed by atoms with Crippen LogP contribution in [0, 0.1) is 11.3 Å². The van der Waals surface area contributed by atoms with E-state index in [9.17, 15) is 0 Å². The Hall–Kier alpha value is -2.31. The standard InChI is InChI=1S/C19H20N2O/c20-14-16-5-3-8-19(13-16)22-12-4-10-21-11-9-17-6-1-2-7-18(17)15-21/h1-3,5-8,13H,4,9-12,15H2. The Morgan fingerprint density at radius 1 is 1.09 bits per heavy atom. The van der Waals surface area contributed by atoms with E-state index in [1.54, 1.807) is 12.1 Å². The Morgan fingerprint density at radius 2 is 1.95 bits per heavy atom. The van der Waals surface area contributed by atoms with Crippen LogP contribution in [0.5, 0.6) is 5.75 Å². The summed E-state index contributed by atoms with van der Waals surface area (Å²) in [6.45, 7) is 3.90. The van der Waals surface area contributed by atoms with Crippen molar-refractivity contribution in [1.29, 1.82) is 5.26 Å². The lowest BCUT2D eigenvalue weighted by Crippen LogP contribution is -2.31. The van der Waals surface area contributed by atoms with E-state index in [0.717, 1.165) is 38.2 Å². The highest BCUT2D eigenvalue weighted by Gasteiger charge is 2.14. The van der Waals surface area contributed by atoms with Gasteiger partial charge in [-0.05, 0) is 42.2 Å². The van der Waals surface area contributed by atoms with Gasteiger partial charge in [-0.25, -0.2) is 0 Å². The molecule has 0 amide bonds. The van der Waals surface area contributed by atoms with Crippen LogP contribution in [-0.2, 0) is 13.0 Å². The minimum atomic E-state index is 0.644. The van der Waals surface area contributed by atoms with E-state index in [4.69, 9.17) is 10.00 Å². The minimum absolute atomic E-state index is 0.644. The zero-order valence-electron chi connectivity index (χ0n) is 12.7. The molecular formula is C19H20N2O. The number of ether oxygens (including phenoxy) is 1. The maximum Gasteiger partial charge on any atom is 0.120 e. The van der Waals surface area contributed by atoms with Gasteiger partial charge in [0.05, 0.1) is 18.2 Å². The summed E-state index contributed by atoms with van der Waals surface area (Å²) in [6.07, 6.45) is 2.14. The van der Waals surface area contributed by atoms with Gasteiger partial charge >= 0.3 is 0 Å². The van der Waals surface area contributed by atoms with Crippen LogP contribution >= 0.6 is 0 Å². The molecule has 1 aliphatic rings. The van der Waals surface area contributed by atoms with Crippen molar-refractivity contribution in [3.8, 4) is 11.8 Å². The molecule has 1 aliphatic heterocycles. The van der Waals surface area contributed by atoms with E-state index in [2.05, 4.69) is 35.2 Å². The largest absolute Gasteiger partial charge is 0.494 e. The number of hydrogen-bond donors (Lipinski definition) is 0. The Labute approximate surface area is 131 Å². The van der Waals surface area contributed by atoms with Crippen LogP contribution < -0.4 is 4.74 Å². The monoisotopic (exact) mass is 292 g/mol. The normalized spacial score (nSPS) is 14.1. The van der Waals surface area contributed by atoms with Gasteiger partial charge in [0.2, 0.25) is 0 Å². The molecule has 0 unspecified atom stereocenters. The molecular weight excluding hydrogens is 272 g/mol. The van der Waals surface area contributed by atoms with E-state index >= 15 is 0 Å². The number of benzene rings is 2. The van der Waals surface area contributed by atoms with Gasteiger partial charge < -0.3 is 4.74 Å². The third-order valence-corrected chi connectivity index (χ3v) is 4.06. The van der Waals surface area contributed by atoms with Gasteiger partial charge in [0.25, 0.3) is 0 Å². The average Bonchev–Trinajstić information content (AvgIpc) is 2.59. The van der Waals surface area contributed by atoms with Gasteiger partial charge in [-0.15, -0.1) is 0 Å². The SMILES string of the molecule is N#Cc1cccc(OCCCN2CCc3ccccc3C2)c1. The maximum absolute atomic E-state index is 8.87. The summed E-state index contributed by atoms with van der Waals surface area (Å²) in [5.74, 6) is 0.781. The van der Waals surface area contributed by atoms with E-state index in [1.807, 2.05) is 12.1 Å². The maximum atomic E-state index is 8.87. The van der Waals surface area contributed by atoms with Crippen LogP contribution in [0.25, 0.3) is 0 Å². The molecule has 3 rings (SSSR count). The fraction of sp³-hybridized carbons (Fsp3) is 0.316. The molecule has 3 nitrogen and oxygen atoms in total. The zero-order chi connectivity index (χ0) is 15.2. The van der Waals surface area contributed by atoms with Crippen LogP contribution in [0.15, 0.2) is 48.5 Å². The Kier molecular flexibility index (Phi) is 4.72. The Bertz CT molecular complexity index is 675. The first-order valence-corrected chi connectivity index (χ1v) is 7.77. The molecule has 0 atom stereocenters. The molecule has 112 valence electrons. The van der Waals surface area contributed by atoms with E-state index in [1.165, 1.54) is 11.1 Å². The smallest absolute Gasteiger partial charge is 0.120 e. The van der Waals surface area contributed by atoms with E-state index in [-0.39, 0.29) is 0 Å². The van der Waals surface area contributed by atoms with Crippen LogP contribution in [0.1, 0.15) is 23.1 Å². The number of nitrogens with zero attached hydrogens (tertiary/aromatic N) is 2. The Balaban J connectivity index is 1.43. The molecule has 1 heterocycles. The van der Waals surface area contributed by atoms with Crippen molar-refractivity contribution in [2.45, 2.75) is 19.4 Å². The lowest BCUT2D eigenvalue weighted by Gasteiger charge is -2.28. The third kappa shape index (κ3) is 3.66. The van der Waals surface area contributed by atoms with Crippen molar-refractivity contribution in [3.05, 3.63) is 65.2 Å². The molecule has 0 aromatic heterocycles. The molecule has 3 heteroatoms. The molecule has 2 aromatic rings. The molecule has 0 radical (unpaired) electrons. The highest BCUT2D eigenvalue weighted by atomic mass is 16.5. The number of hydrogen-bond acceptors (Lipinski definition) is 3. The number of nitriles is 1. The molecule has 0 N–H and O–H groups in total. The first kappa shape index (κ1) is 14.6. The van der Waals surface area contributed by atoms with Crippen LogP contribution in [0.3, 0.4) is 0 Å². The molecule has 0 spiro atoms. The lowest BCUT2D eigenvalue weighted by molar-refractivity contribution is 0.221. The van der Waals surface area contributed by atoms with E-state index in [0.29, 0.717) is 12.2 Å². The topological polar surface area (TPSA) is 36.3 Å². The molecule has 0 saturated heterocycles. The second kappa shape index (κ2) is 7.11. The summed E-state index contributed by atoms with van der Waals surface area (Å²) in [5.41, 5.74) is 3.59. The van der Waals surface area contributed by atoms with Crippen molar-refractivity contribution >= 4 is 0 Å². The highest BCUT2D eigenvalue weighted by Crippen LogP contribution is 2.18. The predicted molar refractivity (Wildman–Crippen MR) is 86.7 cm³/mol. The van der Waals surface area contributed by atoms with E-state index < -0.39 is 0 Å². The third-order valence-electron chi connectivity index (χ3n) is 4.06. The van der Waals surface area contributed by atoms with Gasteiger partial charge in [0, 0.05) is 19.6 Å². The molecule has 0 bridgehead atoms. The van der Waals surface area contributed by atoms with Crippen LogP contribution in [0.2, 0.25) is 0 Å². The minimum Gasteiger partial charge on any atom is -0.494 e. The summed E-state index contributed by atoms with van der Waals surface area (Å²) in [4.78, 5) is 2.48. The first-order valence-electron chi connectivity index (χ1n) is 7.77. The summed E-state index contributed by atoms with van der Waals surface area (Å²) in [6, 6.07) is 18.2. The number of fused-ring (bicyclic) bond motifs is 1. The predicted octanol–water partition coefficient (Wildman–Crippen LogP) is 3.39. The highest BCUT2D eigenvalue weighted by molar-refractivity contribution is 5.36. The molecule has 0 aliphatic carbocycles. The van der Waals surface area contributed by atoms with Gasteiger partial charge in [-0.1, -0.05) is 30.3 Å². The lowest BCUT2D eigenvalue weighted by atomic mass is 10.00. The molecule has 0 fully saturated rings. The average molecular weight is 292 g/mol. The molecule has 22 heavy (non-hydrogen) atoms. The molecule has 0 saturated carbocycles. The second-order valence-corrected chi connectivity index (χ2v) is 5.64. The van der Waals surface area contributed by atoms with Gasteiger partial charge in [-0.3, -0.25) is 4.90 Å². The van der Waals surface area contributed by atoms with Gasteiger partial charge in [0.1, 0.15) is 5.75 Å².